The molecule has 1 aliphatic carbocycles. The molecule has 4 rings (SSSR count). The highest BCUT2D eigenvalue weighted by Crippen LogP contribution is 2.49. The fourth-order valence-corrected chi connectivity index (χ4v) is 4.96. The van der Waals surface area contributed by atoms with Gasteiger partial charge in [-0.05, 0) is 35.5 Å². The van der Waals surface area contributed by atoms with Crippen molar-refractivity contribution in [2.75, 3.05) is 0 Å². The second-order valence-corrected chi connectivity index (χ2v) is 7.16. The molecule has 0 radical (unpaired) electrons. The number of hydrogen-bond donors (Lipinski definition) is 1. The normalized spacial score (nSPS) is 12.8. The standard InChI is InChI=1S/C13H9N3O2S3/c14-11(17)10-7-2-1-6-5-16-21-9(6)8(7)12(20-10)18-13-15-3-4-19-13/h3-5H,1-2H2,(H2,14,17). The van der Waals surface area contributed by atoms with Crippen molar-refractivity contribution >= 4 is 40.1 Å². The summed E-state index contributed by atoms with van der Waals surface area (Å²) in [6.45, 7) is 0. The molecule has 3 heterocycles. The van der Waals surface area contributed by atoms with Crippen molar-refractivity contribution < 1.29 is 9.53 Å². The molecule has 106 valence electrons. The maximum absolute atomic E-state index is 11.7. The SMILES string of the molecule is NC(=O)c1sc(Oc2nccs2)c2c1CCc1cnsc1-2. The summed E-state index contributed by atoms with van der Waals surface area (Å²) in [4.78, 5) is 17.5. The van der Waals surface area contributed by atoms with Gasteiger partial charge in [-0.25, -0.2) is 9.36 Å². The molecule has 5 nitrogen and oxygen atoms in total. The number of ether oxygens (including phenoxy) is 1. The largest absolute Gasteiger partial charge is 0.419 e. The van der Waals surface area contributed by atoms with Crippen LogP contribution in [0.3, 0.4) is 0 Å². The third kappa shape index (κ3) is 2.06. The van der Waals surface area contributed by atoms with Gasteiger partial charge in [0.25, 0.3) is 11.1 Å². The monoisotopic (exact) mass is 335 g/mol. The highest BCUT2D eigenvalue weighted by Gasteiger charge is 2.30. The third-order valence-corrected chi connectivity index (χ3v) is 5.94. The first-order valence-corrected chi connectivity index (χ1v) is 8.67. The number of carbonyl (C=O) groups excluding carboxylic acids is 1. The Hall–Kier alpha value is -1.77. The van der Waals surface area contributed by atoms with Gasteiger partial charge < -0.3 is 10.5 Å². The van der Waals surface area contributed by atoms with E-state index >= 15 is 0 Å². The van der Waals surface area contributed by atoms with Crippen molar-refractivity contribution in [3.63, 3.8) is 0 Å². The van der Waals surface area contributed by atoms with Crippen LogP contribution >= 0.6 is 34.2 Å². The van der Waals surface area contributed by atoms with Gasteiger partial charge in [0.15, 0.2) is 5.06 Å². The van der Waals surface area contributed by atoms with Crippen LogP contribution in [-0.4, -0.2) is 15.3 Å². The molecule has 3 aromatic rings. The Labute approximate surface area is 132 Å². The Kier molecular flexibility index (Phi) is 3.02. The van der Waals surface area contributed by atoms with Crippen LogP contribution in [0.2, 0.25) is 0 Å². The number of thiazole rings is 1. The quantitative estimate of drug-likeness (QED) is 0.796. The zero-order valence-electron chi connectivity index (χ0n) is 10.7. The first-order valence-electron chi connectivity index (χ1n) is 6.20. The molecule has 0 aromatic carbocycles. The molecular formula is C13H9N3O2S3. The predicted octanol–water partition coefficient (Wildman–Crippen LogP) is 3.32. The van der Waals surface area contributed by atoms with Crippen molar-refractivity contribution in [1.29, 1.82) is 0 Å². The van der Waals surface area contributed by atoms with Gasteiger partial charge in [-0.2, -0.15) is 0 Å². The summed E-state index contributed by atoms with van der Waals surface area (Å²) < 4.78 is 10.1. The Balaban J connectivity index is 1.90. The molecule has 2 N–H and O–H groups in total. The minimum atomic E-state index is -0.404. The number of aromatic nitrogens is 2. The summed E-state index contributed by atoms with van der Waals surface area (Å²) in [7, 11) is 0. The highest BCUT2D eigenvalue weighted by atomic mass is 32.1. The van der Waals surface area contributed by atoms with E-state index in [0.717, 1.165) is 28.8 Å². The van der Waals surface area contributed by atoms with Crippen molar-refractivity contribution in [2.24, 2.45) is 5.73 Å². The first-order chi connectivity index (χ1) is 10.2. The van der Waals surface area contributed by atoms with Gasteiger partial charge in [-0.15, -0.1) is 0 Å². The Morgan fingerprint density at radius 1 is 1.38 bits per heavy atom. The van der Waals surface area contributed by atoms with E-state index in [2.05, 4.69) is 9.36 Å². The number of thiophene rings is 1. The molecule has 0 bridgehead atoms. The van der Waals surface area contributed by atoms with Gasteiger partial charge in [-0.3, -0.25) is 4.79 Å². The average molecular weight is 335 g/mol. The van der Waals surface area contributed by atoms with Gasteiger partial charge in [0.05, 0.1) is 15.3 Å². The lowest BCUT2D eigenvalue weighted by atomic mass is 9.93. The van der Waals surface area contributed by atoms with Crippen LogP contribution in [0.1, 0.15) is 20.8 Å². The Bertz CT molecular complexity index is 820. The maximum Gasteiger partial charge on any atom is 0.279 e. The number of fused-ring (bicyclic) bond motifs is 3. The molecule has 0 saturated heterocycles. The number of primary amides is 1. The minimum Gasteiger partial charge on any atom is -0.419 e. The number of nitrogens with zero attached hydrogens (tertiary/aromatic N) is 2. The molecule has 1 amide bonds. The van der Waals surface area contributed by atoms with Crippen LogP contribution in [0.15, 0.2) is 17.8 Å². The Morgan fingerprint density at radius 2 is 2.29 bits per heavy atom. The smallest absolute Gasteiger partial charge is 0.279 e. The van der Waals surface area contributed by atoms with Crippen LogP contribution in [0.5, 0.6) is 10.3 Å². The molecule has 0 aliphatic heterocycles. The van der Waals surface area contributed by atoms with E-state index in [1.54, 1.807) is 6.20 Å². The number of carbonyl (C=O) groups is 1. The van der Waals surface area contributed by atoms with Gasteiger partial charge in [-0.1, -0.05) is 22.7 Å². The van der Waals surface area contributed by atoms with Gasteiger partial charge in [0, 0.05) is 17.8 Å². The topological polar surface area (TPSA) is 78.1 Å². The summed E-state index contributed by atoms with van der Waals surface area (Å²) in [5.41, 5.74) is 8.66. The van der Waals surface area contributed by atoms with Crippen LogP contribution in [-0.2, 0) is 12.8 Å². The molecule has 8 heteroatoms. The average Bonchev–Trinajstić information content (AvgIpc) is 3.16. The number of aryl methyl sites for hydroxylation is 1. The summed E-state index contributed by atoms with van der Waals surface area (Å²) >= 11 is 4.14. The second-order valence-electron chi connectivity index (χ2n) is 4.52. The third-order valence-electron chi connectivity index (χ3n) is 3.30. The van der Waals surface area contributed by atoms with Crippen LogP contribution in [0.25, 0.3) is 10.4 Å². The molecule has 21 heavy (non-hydrogen) atoms. The fraction of sp³-hybridized carbons (Fsp3) is 0.154. The minimum absolute atomic E-state index is 0.404. The highest BCUT2D eigenvalue weighted by molar-refractivity contribution is 7.17. The number of hydrogen-bond acceptors (Lipinski definition) is 7. The lowest BCUT2D eigenvalue weighted by Gasteiger charge is -2.13. The van der Waals surface area contributed by atoms with E-state index in [0.29, 0.717) is 15.1 Å². The van der Waals surface area contributed by atoms with E-state index in [9.17, 15) is 4.79 Å². The van der Waals surface area contributed by atoms with E-state index in [-0.39, 0.29) is 0 Å². The lowest BCUT2D eigenvalue weighted by Crippen LogP contribution is -2.12. The maximum atomic E-state index is 11.7. The summed E-state index contributed by atoms with van der Waals surface area (Å²) in [5, 5.41) is 3.09. The van der Waals surface area contributed by atoms with E-state index in [1.165, 1.54) is 39.8 Å². The molecule has 0 atom stereocenters. The number of rotatable bonds is 3. The Morgan fingerprint density at radius 3 is 3.05 bits per heavy atom. The zero-order chi connectivity index (χ0) is 14.4. The molecule has 0 fully saturated rings. The number of nitrogens with two attached hydrogens (primary N) is 1. The molecule has 3 aromatic heterocycles. The predicted molar refractivity (Wildman–Crippen MR) is 83.5 cm³/mol. The van der Waals surface area contributed by atoms with E-state index in [1.807, 2.05) is 11.6 Å². The van der Waals surface area contributed by atoms with Gasteiger partial charge >= 0.3 is 0 Å². The van der Waals surface area contributed by atoms with Crippen molar-refractivity contribution in [1.82, 2.24) is 9.36 Å². The number of amides is 1. The second kappa shape index (κ2) is 4.90. The molecule has 1 aliphatic rings. The van der Waals surface area contributed by atoms with Crippen LogP contribution in [0, 0.1) is 0 Å². The summed E-state index contributed by atoms with van der Waals surface area (Å²) in [5.74, 6) is -0.404. The molecule has 0 saturated carbocycles. The van der Waals surface area contributed by atoms with Crippen LogP contribution < -0.4 is 10.5 Å². The molecular weight excluding hydrogens is 326 g/mol. The lowest BCUT2D eigenvalue weighted by molar-refractivity contribution is 0.100. The summed E-state index contributed by atoms with van der Waals surface area (Å²) in [6.07, 6.45) is 5.24. The van der Waals surface area contributed by atoms with Crippen molar-refractivity contribution in [3.05, 3.63) is 33.8 Å². The summed E-state index contributed by atoms with van der Waals surface area (Å²) in [6, 6.07) is 0. The molecule has 0 unspecified atom stereocenters. The van der Waals surface area contributed by atoms with Gasteiger partial charge in [0.2, 0.25) is 0 Å². The first kappa shape index (κ1) is 12.9. The van der Waals surface area contributed by atoms with E-state index < -0.39 is 5.91 Å². The van der Waals surface area contributed by atoms with Crippen molar-refractivity contribution in [2.45, 2.75) is 12.8 Å². The van der Waals surface area contributed by atoms with Crippen LogP contribution in [0.4, 0.5) is 0 Å². The molecule has 0 spiro atoms. The van der Waals surface area contributed by atoms with E-state index in [4.69, 9.17) is 10.5 Å². The fourth-order valence-electron chi connectivity index (χ4n) is 2.43. The zero-order valence-corrected chi connectivity index (χ0v) is 13.1. The van der Waals surface area contributed by atoms with Gasteiger partial charge in [0.1, 0.15) is 0 Å². The van der Waals surface area contributed by atoms with Crippen molar-refractivity contribution in [3.8, 4) is 20.7 Å².